The van der Waals surface area contributed by atoms with Gasteiger partial charge in [0, 0.05) is 10.7 Å². The van der Waals surface area contributed by atoms with Crippen LogP contribution in [0.15, 0.2) is 30.5 Å². The van der Waals surface area contributed by atoms with Crippen LogP contribution in [0.1, 0.15) is 0 Å². The maximum absolute atomic E-state index is 13.4. The number of rotatable bonds is 3. The largest absolute Gasteiger partial charge is 0.338 e. The van der Waals surface area contributed by atoms with Crippen LogP contribution in [0.25, 0.3) is 0 Å². The molecule has 0 unspecified atom stereocenters. The van der Waals surface area contributed by atoms with Crippen molar-refractivity contribution in [3.63, 3.8) is 0 Å². The molecule has 0 bridgehead atoms. The molecule has 0 saturated heterocycles. The summed E-state index contributed by atoms with van der Waals surface area (Å²) in [6.07, 6.45) is 1.02. The summed E-state index contributed by atoms with van der Waals surface area (Å²) in [6, 6.07) is 6.85. The maximum Gasteiger partial charge on any atom is 0.239 e. The van der Waals surface area contributed by atoms with Gasteiger partial charge in [-0.1, -0.05) is 17.7 Å². The van der Waals surface area contributed by atoms with Gasteiger partial charge >= 0.3 is 0 Å². The Hall–Kier alpha value is -1.92. The minimum Gasteiger partial charge on any atom is -0.338 e. The van der Waals surface area contributed by atoms with Gasteiger partial charge in [0.2, 0.25) is 5.95 Å². The van der Waals surface area contributed by atoms with Crippen LogP contribution in [0, 0.1) is 5.82 Å². The lowest BCUT2D eigenvalue weighted by Crippen LogP contribution is -2.11. The van der Waals surface area contributed by atoms with Gasteiger partial charge in [0.15, 0.2) is 11.6 Å². The molecule has 7 heteroatoms. The van der Waals surface area contributed by atoms with Crippen LogP contribution in [0.5, 0.6) is 0 Å². The molecule has 0 spiro atoms. The number of nitrogens with one attached hydrogen (secondary N) is 2. The Kier molecular flexibility index (Phi) is 3.36. The molecule has 1 aromatic carbocycles. The van der Waals surface area contributed by atoms with Crippen LogP contribution in [-0.2, 0) is 0 Å². The molecular weight excluding hydrogens is 245 g/mol. The van der Waals surface area contributed by atoms with Gasteiger partial charge in [0.05, 0.1) is 6.20 Å². The average molecular weight is 254 g/mol. The van der Waals surface area contributed by atoms with Crippen molar-refractivity contribution < 1.29 is 4.39 Å². The summed E-state index contributed by atoms with van der Waals surface area (Å²) in [6.45, 7) is 0. The molecule has 1 aromatic heterocycles. The van der Waals surface area contributed by atoms with Crippen molar-refractivity contribution in [1.82, 2.24) is 9.97 Å². The van der Waals surface area contributed by atoms with E-state index >= 15 is 0 Å². The molecule has 0 aliphatic heterocycles. The van der Waals surface area contributed by atoms with E-state index in [9.17, 15) is 4.39 Å². The van der Waals surface area contributed by atoms with Crippen molar-refractivity contribution in [3.8, 4) is 0 Å². The molecule has 4 N–H and O–H groups in total. The van der Waals surface area contributed by atoms with E-state index in [1.165, 1.54) is 0 Å². The number of nitrogens with zero attached hydrogens (tertiary/aromatic N) is 2. The predicted octanol–water partition coefficient (Wildman–Crippen LogP) is 2.30. The highest BCUT2D eigenvalue weighted by Crippen LogP contribution is 2.20. The topological polar surface area (TPSA) is 75.9 Å². The number of aromatic nitrogens is 2. The van der Waals surface area contributed by atoms with E-state index in [1.807, 2.05) is 0 Å². The first kappa shape index (κ1) is 11.6. The van der Waals surface area contributed by atoms with E-state index in [0.717, 1.165) is 6.20 Å². The highest BCUT2D eigenvalue weighted by molar-refractivity contribution is 6.30. The van der Waals surface area contributed by atoms with Crippen LogP contribution in [0.4, 0.5) is 21.8 Å². The number of hydrogen-bond donors (Lipinski definition) is 3. The molecule has 0 saturated carbocycles. The molecule has 0 amide bonds. The Bertz CT molecular complexity index is 534. The number of nitrogens with two attached hydrogens (primary N) is 1. The second-order valence-corrected chi connectivity index (χ2v) is 3.61. The van der Waals surface area contributed by atoms with Crippen molar-refractivity contribution in [2.24, 2.45) is 5.84 Å². The number of hydrazine groups is 1. The average Bonchev–Trinajstić information content (AvgIpc) is 2.32. The Balaban J connectivity index is 2.29. The minimum atomic E-state index is -0.580. The monoisotopic (exact) mass is 253 g/mol. The number of benzene rings is 1. The van der Waals surface area contributed by atoms with E-state index in [-0.39, 0.29) is 11.8 Å². The molecular formula is C10H9ClFN5. The van der Waals surface area contributed by atoms with Gasteiger partial charge in [-0.2, -0.15) is 4.98 Å². The summed E-state index contributed by atoms with van der Waals surface area (Å²) in [5.41, 5.74) is 2.86. The molecule has 0 aliphatic carbocycles. The summed E-state index contributed by atoms with van der Waals surface area (Å²) in [4.78, 5) is 7.47. The SMILES string of the molecule is NNc1ncc(F)c(Nc2cccc(Cl)c2)n1. The second kappa shape index (κ2) is 4.94. The Labute approximate surface area is 102 Å². The molecule has 5 nitrogen and oxygen atoms in total. The van der Waals surface area contributed by atoms with Crippen molar-refractivity contribution in [2.45, 2.75) is 0 Å². The van der Waals surface area contributed by atoms with E-state index in [2.05, 4.69) is 20.7 Å². The third kappa shape index (κ3) is 2.80. The van der Waals surface area contributed by atoms with Gasteiger partial charge in [-0.25, -0.2) is 15.2 Å². The smallest absolute Gasteiger partial charge is 0.239 e. The van der Waals surface area contributed by atoms with E-state index < -0.39 is 5.82 Å². The number of anilines is 3. The molecule has 1 heterocycles. The van der Waals surface area contributed by atoms with Gasteiger partial charge in [-0.15, -0.1) is 0 Å². The number of halogens is 2. The fourth-order valence-corrected chi connectivity index (χ4v) is 1.42. The van der Waals surface area contributed by atoms with E-state index in [0.29, 0.717) is 10.7 Å². The summed E-state index contributed by atoms with van der Waals surface area (Å²) >= 11 is 5.81. The summed E-state index contributed by atoms with van der Waals surface area (Å²) in [5.74, 6) is 4.70. The van der Waals surface area contributed by atoms with Crippen LogP contribution in [0.3, 0.4) is 0 Å². The van der Waals surface area contributed by atoms with Crippen molar-refractivity contribution in [1.29, 1.82) is 0 Å². The molecule has 17 heavy (non-hydrogen) atoms. The first-order chi connectivity index (χ1) is 8.19. The summed E-state index contributed by atoms with van der Waals surface area (Å²) in [5, 5.41) is 3.32. The Morgan fingerprint density at radius 3 is 2.88 bits per heavy atom. The fourth-order valence-electron chi connectivity index (χ4n) is 1.23. The van der Waals surface area contributed by atoms with Gasteiger partial charge in [-0.05, 0) is 18.2 Å². The molecule has 2 aromatic rings. The van der Waals surface area contributed by atoms with E-state index in [4.69, 9.17) is 17.4 Å². The lowest BCUT2D eigenvalue weighted by molar-refractivity contribution is 0.619. The quantitative estimate of drug-likeness (QED) is 0.578. The van der Waals surface area contributed by atoms with Crippen molar-refractivity contribution in [2.75, 3.05) is 10.7 Å². The molecule has 0 atom stereocenters. The Morgan fingerprint density at radius 2 is 2.18 bits per heavy atom. The normalized spacial score (nSPS) is 10.1. The Morgan fingerprint density at radius 1 is 1.35 bits per heavy atom. The molecule has 2 rings (SSSR count). The lowest BCUT2D eigenvalue weighted by Gasteiger charge is -2.07. The first-order valence-corrected chi connectivity index (χ1v) is 5.08. The molecule has 88 valence electrons. The summed E-state index contributed by atoms with van der Waals surface area (Å²) in [7, 11) is 0. The minimum absolute atomic E-state index is 0.0233. The number of nitrogen functional groups attached to an aromatic ring is 1. The zero-order valence-electron chi connectivity index (χ0n) is 8.61. The van der Waals surface area contributed by atoms with E-state index in [1.54, 1.807) is 24.3 Å². The highest BCUT2D eigenvalue weighted by Gasteiger charge is 2.06. The van der Waals surface area contributed by atoms with Crippen LogP contribution >= 0.6 is 11.6 Å². The van der Waals surface area contributed by atoms with Crippen LogP contribution in [0.2, 0.25) is 5.02 Å². The summed E-state index contributed by atoms with van der Waals surface area (Å²) < 4.78 is 13.4. The van der Waals surface area contributed by atoms with Crippen molar-refractivity contribution >= 4 is 29.1 Å². The standard InChI is InChI=1S/C10H9ClFN5/c11-6-2-1-3-7(4-6)15-9-8(12)5-14-10(16-9)17-13/h1-5H,13H2,(H2,14,15,16,17). The van der Waals surface area contributed by atoms with Crippen LogP contribution in [-0.4, -0.2) is 9.97 Å². The fraction of sp³-hybridized carbons (Fsp3) is 0. The van der Waals surface area contributed by atoms with Gasteiger partial charge in [0.1, 0.15) is 0 Å². The molecule has 0 radical (unpaired) electrons. The van der Waals surface area contributed by atoms with Gasteiger partial charge in [0.25, 0.3) is 0 Å². The third-order valence-corrected chi connectivity index (χ3v) is 2.20. The second-order valence-electron chi connectivity index (χ2n) is 3.17. The van der Waals surface area contributed by atoms with Gasteiger partial charge < -0.3 is 5.32 Å². The van der Waals surface area contributed by atoms with Gasteiger partial charge in [-0.3, -0.25) is 5.43 Å². The number of hydrogen-bond acceptors (Lipinski definition) is 5. The third-order valence-electron chi connectivity index (χ3n) is 1.96. The first-order valence-electron chi connectivity index (χ1n) is 4.71. The molecule has 0 aliphatic rings. The maximum atomic E-state index is 13.4. The predicted molar refractivity (Wildman–Crippen MR) is 64.5 cm³/mol. The highest BCUT2D eigenvalue weighted by atomic mass is 35.5. The zero-order chi connectivity index (χ0) is 12.3. The zero-order valence-corrected chi connectivity index (χ0v) is 9.37. The van der Waals surface area contributed by atoms with Crippen LogP contribution < -0.4 is 16.6 Å². The lowest BCUT2D eigenvalue weighted by atomic mass is 10.3. The molecule has 0 fully saturated rings. The van der Waals surface area contributed by atoms with Crippen molar-refractivity contribution in [3.05, 3.63) is 41.3 Å².